The Morgan fingerprint density at radius 1 is 1.53 bits per heavy atom. The number of hydrogen-bond acceptors (Lipinski definition) is 3. The van der Waals surface area contributed by atoms with Gasteiger partial charge in [-0.05, 0) is 40.0 Å². The molecule has 0 saturated heterocycles. The average Bonchev–Trinajstić information content (AvgIpc) is 2.61. The fourth-order valence-electron chi connectivity index (χ4n) is 2.07. The van der Waals surface area contributed by atoms with E-state index in [0.29, 0.717) is 5.92 Å². The van der Waals surface area contributed by atoms with Crippen LogP contribution in [-0.2, 0) is 6.42 Å². The maximum atomic E-state index is 4.52. The molecule has 0 radical (unpaired) electrons. The molecule has 1 aliphatic rings. The molecule has 0 amide bonds. The first-order valence-corrected chi connectivity index (χ1v) is 6.61. The Kier molecular flexibility index (Phi) is 3.12. The highest BCUT2D eigenvalue weighted by Gasteiger charge is 2.23. The zero-order valence-corrected chi connectivity index (χ0v) is 10.7. The normalized spacial score (nSPS) is 21.4. The van der Waals surface area contributed by atoms with Crippen molar-refractivity contribution in [1.29, 1.82) is 0 Å². The van der Waals surface area contributed by atoms with Crippen LogP contribution in [0.4, 0.5) is 0 Å². The third-order valence-electron chi connectivity index (χ3n) is 2.89. The molecular weight excluding hydrogens is 204 g/mol. The van der Waals surface area contributed by atoms with Crippen LogP contribution in [0.5, 0.6) is 0 Å². The zero-order valence-electron chi connectivity index (χ0n) is 9.84. The van der Waals surface area contributed by atoms with Gasteiger partial charge >= 0.3 is 0 Å². The van der Waals surface area contributed by atoms with E-state index in [4.69, 9.17) is 0 Å². The first-order valence-electron chi connectivity index (χ1n) is 5.73. The SMILES string of the molecule is CC(C)(C)NCC1CCCc2scnc21. The molecule has 1 aromatic rings. The summed E-state index contributed by atoms with van der Waals surface area (Å²) in [6.45, 7) is 7.73. The minimum atomic E-state index is 0.216. The highest BCUT2D eigenvalue weighted by molar-refractivity contribution is 7.09. The summed E-state index contributed by atoms with van der Waals surface area (Å²) in [5, 5.41) is 3.59. The van der Waals surface area contributed by atoms with Crippen LogP contribution in [0.15, 0.2) is 5.51 Å². The molecule has 1 heterocycles. The highest BCUT2D eigenvalue weighted by atomic mass is 32.1. The van der Waals surface area contributed by atoms with Crippen LogP contribution in [0.25, 0.3) is 0 Å². The van der Waals surface area contributed by atoms with Gasteiger partial charge < -0.3 is 5.32 Å². The average molecular weight is 224 g/mol. The lowest BCUT2D eigenvalue weighted by molar-refractivity contribution is 0.388. The summed E-state index contributed by atoms with van der Waals surface area (Å²) in [7, 11) is 0. The molecule has 1 N–H and O–H groups in total. The number of hydrogen-bond donors (Lipinski definition) is 1. The van der Waals surface area contributed by atoms with Gasteiger partial charge in [-0.15, -0.1) is 11.3 Å². The Morgan fingerprint density at radius 2 is 2.33 bits per heavy atom. The number of aryl methyl sites for hydroxylation is 1. The van der Waals surface area contributed by atoms with E-state index >= 15 is 0 Å². The van der Waals surface area contributed by atoms with Crippen LogP contribution in [0.1, 0.15) is 50.1 Å². The van der Waals surface area contributed by atoms with Gasteiger partial charge in [-0.1, -0.05) is 0 Å². The predicted octanol–water partition coefficient (Wildman–Crippen LogP) is 2.95. The van der Waals surface area contributed by atoms with Crippen molar-refractivity contribution in [2.75, 3.05) is 6.54 Å². The number of nitrogens with one attached hydrogen (secondary N) is 1. The van der Waals surface area contributed by atoms with Gasteiger partial charge in [0, 0.05) is 22.9 Å². The van der Waals surface area contributed by atoms with Crippen LogP contribution in [-0.4, -0.2) is 17.1 Å². The minimum absolute atomic E-state index is 0.216. The second-order valence-corrected chi connectivity index (χ2v) is 6.32. The first-order chi connectivity index (χ1) is 7.06. The number of fused-ring (bicyclic) bond motifs is 1. The predicted molar refractivity (Wildman–Crippen MR) is 65.5 cm³/mol. The van der Waals surface area contributed by atoms with Crippen molar-refractivity contribution in [3.63, 3.8) is 0 Å². The lowest BCUT2D eigenvalue weighted by Gasteiger charge is -2.27. The molecule has 84 valence electrons. The van der Waals surface area contributed by atoms with Gasteiger partial charge in [0.2, 0.25) is 0 Å². The van der Waals surface area contributed by atoms with E-state index in [1.807, 2.05) is 16.8 Å². The molecule has 1 aliphatic carbocycles. The van der Waals surface area contributed by atoms with E-state index < -0.39 is 0 Å². The van der Waals surface area contributed by atoms with Crippen LogP contribution >= 0.6 is 11.3 Å². The van der Waals surface area contributed by atoms with Gasteiger partial charge in [-0.25, -0.2) is 4.98 Å². The van der Waals surface area contributed by atoms with E-state index in [1.54, 1.807) is 0 Å². The second kappa shape index (κ2) is 4.22. The fourth-order valence-corrected chi connectivity index (χ4v) is 2.97. The van der Waals surface area contributed by atoms with Crippen molar-refractivity contribution in [2.24, 2.45) is 0 Å². The zero-order chi connectivity index (χ0) is 10.9. The van der Waals surface area contributed by atoms with E-state index in [9.17, 15) is 0 Å². The summed E-state index contributed by atoms with van der Waals surface area (Å²) in [4.78, 5) is 6.03. The monoisotopic (exact) mass is 224 g/mol. The summed E-state index contributed by atoms with van der Waals surface area (Å²) >= 11 is 1.82. The van der Waals surface area contributed by atoms with Gasteiger partial charge in [-0.2, -0.15) is 0 Å². The van der Waals surface area contributed by atoms with Crippen LogP contribution in [0.3, 0.4) is 0 Å². The molecule has 0 spiro atoms. The highest BCUT2D eigenvalue weighted by Crippen LogP contribution is 2.32. The van der Waals surface area contributed by atoms with Gasteiger partial charge in [0.1, 0.15) is 0 Å². The van der Waals surface area contributed by atoms with Crippen molar-refractivity contribution in [1.82, 2.24) is 10.3 Å². The van der Waals surface area contributed by atoms with E-state index in [2.05, 4.69) is 31.1 Å². The molecule has 15 heavy (non-hydrogen) atoms. The molecule has 2 rings (SSSR count). The van der Waals surface area contributed by atoms with E-state index in [1.165, 1.54) is 29.8 Å². The molecular formula is C12H20N2S. The third kappa shape index (κ3) is 2.79. The molecule has 2 nitrogen and oxygen atoms in total. The van der Waals surface area contributed by atoms with Gasteiger partial charge in [-0.3, -0.25) is 0 Å². The number of nitrogens with zero attached hydrogens (tertiary/aromatic N) is 1. The summed E-state index contributed by atoms with van der Waals surface area (Å²) in [5.41, 5.74) is 3.58. The molecule has 0 aromatic carbocycles. The van der Waals surface area contributed by atoms with Crippen molar-refractivity contribution >= 4 is 11.3 Å². The lowest BCUT2D eigenvalue weighted by atomic mass is 9.90. The number of rotatable bonds is 2. The number of thiazole rings is 1. The van der Waals surface area contributed by atoms with E-state index in [0.717, 1.165) is 6.54 Å². The summed E-state index contributed by atoms with van der Waals surface area (Å²) in [6, 6.07) is 0. The number of aromatic nitrogens is 1. The molecule has 1 unspecified atom stereocenters. The molecule has 0 aliphatic heterocycles. The van der Waals surface area contributed by atoms with Crippen LogP contribution < -0.4 is 5.32 Å². The Morgan fingerprint density at radius 3 is 3.07 bits per heavy atom. The maximum absolute atomic E-state index is 4.52. The van der Waals surface area contributed by atoms with Crippen molar-refractivity contribution in [3.8, 4) is 0 Å². The second-order valence-electron chi connectivity index (χ2n) is 5.38. The Bertz CT molecular complexity index is 325. The Balaban J connectivity index is 2.01. The maximum Gasteiger partial charge on any atom is 0.0797 e. The van der Waals surface area contributed by atoms with Gasteiger partial charge in [0.25, 0.3) is 0 Å². The lowest BCUT2D eigenvalue weighted by Crippen LogP contribution is -2.39. The third-order valence-corrected chi connectivity index (χ3v) is 3.80. The quantitative estimate of drug-likeness (QED) is 0.835. The van der Waals surface area contributed by atoms with Crippen LogP contribution in [0.2, 0.25) is 0 Å². The summed E-state index contributed by atoms with van der Waals surface area (Å²) < 4.78 is 0. The van der Waals surface area contributed by atoms with E-state index in [-0.39, 0.29) is 5.54 Å². The Hall–Kier alpha value is -0.410. The Labute approximate surface area is 96.1 Å². The summed E-state index contributed by atoms with van der Waals surface area (Å²) in [6.07, 6.45) is 3.86. The fraction of sp³-hybridized carbons (Fsp3) is 0.750. The molecule has 0 bridgehead atoms. The molecule has 1 atom stereocenters. The molecule has 0 fully saturated rings. The van der Waals surface area contributed by atoms with Crippen molar-refractivity contribution in [2.45, 2.75) is 51.5 Å². The largest absolute Gasteiger partial charge is 0.311 e. The van der Waals surface area contributed by atoms with Crippen LogP contribution in [0, 0.1) is 0 Å². The standard InChI is InChI=1S/C12H20N2S/c1-12(2,3)14-7-9-5-4-6-10-11(9)13-8-15-10/h8-9,14H,4-7H2,1-3H3. The minimum Gasteiger partial charge on any atom is -0.311 e. The van der Waals surface area contributed by atoms with Gasteiger partial charge in [0.15, 0.2) is 0 Å². The molecule has 0 saturated carbocycles. The first kappa shape index (κ1) is 11.1. The summed E-state index contributed by atoms with van der Waals surface area (Å²) in [5.74, 6) is 0.638. The van der Waals surface area contributed by atoms with Crippen molar-refractivity contribution < 1.29 is 0 Å². The molecule has 3 heteroatoms. The van der Waals surface area contributed by atoms with Crippen molar-refractivity contribution in [3.05, 3.63) is 16.1 Å². The topological polar surface area (TPSA) is 24.9 Å². The molecule has 1 aromatic heterocycles. The van der Waals surface area contributed by atoms with Gasteiger partial charge in [0.05, 0.1) is 11.2 Å². The smallest absolute Gasteiger partial charge is 0.0797 e.